The number of sulfonamides is 1. The van der Waals surface area contributed by atoms with E-state index in [1.807, 2.05) is 17.9 Å². The maximum atomic E-state index is 12.5. The van der Waals surface area contributed by atoms with E-state index in [9.17, 15) is 13.2 Å². The SMILES string of the molecule is CCCN1C(SCC(=O)NC2CCCCC2)=NS(=O)(=O)c2ccccc21. The quantitative estimate of drug-likeness (QED) is 0.829. The number of amidine groups is 1. The Balaban J connectivity index is 1.71. The minimum atomic E-state index is -3.72. The van der Waals surface area contributed by atoms with Crippen molar-refractivity contribution >= 4 is 38.5 Å². The minimum absolute atomic E-state index is 0.0581. The molecule has 0 radical (unpaired) electrons. The van der Waals surface area contributed by atoms with Crippen molar-refractivity contribution in [2.75, 3.05) is 17.2 Å². The van der Waals surface area contributed by atoms with Crippen molar-refractivity contribution in [1.82, 2.24) is 5.32 Å². The molecule has 1 N–H and O–H groups in total. The lowest BCUT2D eigenvalue weighted by Gasteiger charge is -2.30. The molecule has 0 aromatic heterocycles. The van der Waals surface area contributed by atoms with Crippen LogP contribution in [0.3, 0.4) is 0 Å². The number of rotatable bonds is 5. The van der Waals surface area contributed by atoms with Crippen LogP contribution >= 0.6 is 11.8 Å². The summed E-state index contributed by atoms with van der Waals surface area (Å²) in [4.78, 5) is 14.4. The summed E-state index contributed by atoms with van der Waals surface area (Å²) in [6.07, 6.45) is 6.46. The third-order valence-electron chi connectivity index (χ3n) is 4.61. The highest BCUT2D eigenvalue weighted by atomic mass is 32.2. The molecule has 3 rings (SSSR count). The van der Waals surface area contributed by atoms with E-state index >= 15 is 0 Å². The molecule has 6 nitrogen and oxygen atoms in total. The number of hydrogen-bond donors (Lipinski definition) is 1. The van der Waals surface area contributed by atoms with Gasteiger partial charge in [-0.15, -0.1) is 4.40 Å². The zero-order chi connectivity index (χ0) is 18.6. The van der Waals surface area contributed by atoms with E-state index < -0.39 is 10.0 Å². The average molecular weight is 396 g/mol. The normalized spacial score (nSPS) is 19.6. The first-order chi connectivity index (χ1) is 12.5. The zero-order valence-electron chi connectivity index (χ0n) is 15.0. The van der Waals surface area contributed by atoms with E-state index in [2.05, 4.69) is 9.71 Å². The topological polar surface area (TPSA) is 78.8 Å². The average Bonchev–Trinajstić information content (AvgIpc) is 2.63. The molecule has 1 saturated carbocycles. The molecular weight excluding hydrogens is 370 g/mol. The van der Waals surface area contributed by atoms with Gasteiger partial charge in [-0.3, -0.25) is 4.79 Å². The van der Waals surface area contributed by atoms with Gasteiger partial charge >= 0.3 is 0 Å². The molecular formula is C18H25N3O3S2. The maximum Gasteiger partial charge on any atom is 0.286 e. The van der Waals surface area contributed by atoms with Gasteiger partial charge < -0.3 is 10.2 Å². The molecule has 1 aliphatic heterocycles. The van der Waals surface area contributed by atoms with Crippen LogP contribution in [0.25, 0.3) is 0 Å². The standard InChI is InChI=1S/C18H25N3O3S2/c1-2-12-21-15-10-6-7-11-16(15)26(23,24)20-18(21)25-13-17(22)19-14-8-4-3-5-9-14/h6-7,10-11,14H,2-5,8-9,12-13H2,1H3,(H,19,22). The van der Waals surface area contributed by atoms with E-state index in [1.165, 1.54) is 18.2 Å². The van der Waals surface area contributed by atoms with Crippen LogP contribution in [-0.4, -0.2) is 37.8 Å². The number of fused-ring (bicyclic) bond motifs is 1. The summed E-state index contributed by atoms with van der Waals surface area (Å²) in [5.74, 6) is 0.116. The summed E-state index contributed by atoms with van der Waals surface area (Å²) in [6, 6.07) is 7.14. The van der Waals surface area contributed by atoms with Gasteiger partial charge in [0.25, 0.3) is 10.0 Å². The number of carbonyl (C=O) groups is 1. The molecule has 0 unspecified atom stereocenters. The Bertz CT molecular complexity index is 787. The molecule has 0 spiro atoms. The van der Waals surface area contributed by atoms with Gasteiger partial charge in [0, 0.05) is 12.6 Å². The Morgan fingerprint density at radius 2 is 2.00 bits per heavy atom. The van der Waals surface area contributed by atoms with Crippen molar-refractivity contribution in [2.45, 2.75) is 56.4 Å². The number of nitrogens with one attached hydrogen (secondary N) is 1. The van der Waals surface area contributed by atoms with Crippen LogP contribution in [0.2, 0.25) is 0 Å². The third-order valence-corrected chi connectivity index (χ3v) is 7.02. The van der Waals surface area contributed by atoms with Gasteiger partial charge in [-0.25, -0.2) is 0 Å². The molecule has 8 heteroatoms. The van der Waals surface area contributed by atoms with Crippen LogP contribution in [-0.2, 0) is 14.8 Å². The number of benzene rings is 1. The zero-order valence-corrected chi connectivity index (χ0v) is 16.6. The molecule has 1 fully saturated rings. The number of anilines is 1. The maximum absolute atomic E-state index is 12.5. The summed E-state index contributed by atoms with van der Waals surface area (Å²) in [5.41, 5.74) is 0.638. The van der Waals surface area contributed by atoms with Gasteiger partial charge in [-0.1, -0.05) is 50.1 Å². The molecule has 1 aliphatic carbocycles. The number of nitrogens with zero attached hydrogens (tertiary/aromatic N) is 2. The first-order valence-electron chi connectivity index (χ1n) is 9.15. The summed E-state index contributed by atoms with van der Waals surface area (Å²) in [6.45, 7) is 2.69. The fourth-order valence-electron chi connectivity index (χ4n) is 3.39. The van der Waals surface area contributed by atoms with E-state index in [4.69, 9.17) is 0 Å². The molecule has 1 aromatic carbocycles. The predicted molar refractivity (Wildman–Crippen MR) is 106 cm³/mol. The molecule has 0 bridgehead atoms. The minimum Gasteiger partial charge on any atom is -0.353 e. The second kappa shape index (κ2) is 8.43. The largest absolute Gasteiger partial charge is 0.353 e. The van der Waals surface area contributed by atoms with Crippen molar-refractivity contribution in [3.63, 3.8) is 0 Å². The summed E-state index contributed by atoms with van der Waals surface area (Å²) in [5, 5.41) is 3.44. The fourth-order valence-corrected chi connectivity index (χ4v) is 5.68. The lowest BCUT2D eigenvalue weighted by Crippen LogP contribution is -2.39. The van der Waals surface area contributed by atoms with Gasteiger partial charge in [-0.05, 0) is 31.4 Å². The lowest BCUT2D eigenvalue weighted by atomic mass is 9.95. The van der Waals surface area contributed by atoms with Crippen LogP contribution in [0.4, 0.5) is 5.69 Å². The first-order valence-corrected chi connectivity index (χ1v) is 11.6. The first kappa shape index (κ1) is 19.2. The highest BCUT2D eigenvalue weighted by Crippen LogP contribution is 2.34. The molecule has 142 valence electrons. The monoisotopic (exact) mass is 395 g/mol. The second-order valence-corrected chi connectivity index (χ2v) is 9.17. The molecule has 0 saturated heterocycles. The van der Waals surface area contributed by atoms with Crippen LogP contribution in [0.15, 0.2) is 33.6 Å². The Labute approximate surface area is 159 Å². The molecule has 1 heterocycles. The Hall–Kier alpha value is -1.54. The van der Waals surface area contributed by atoms with E-state index in [0.717, 1.165) is 32.1 Å². The van der Waals surface area contributed by atoms with Crippen molar-refractivity contribution in [2.24, 2.45) is 4.40 Å². The van der Waals surface area contributed by atoms with Gasteiger partial charge in [0.1, 0.15) is 4.90 Å². The van der Waals surface area contributed by atoms with Gasteiger partial charge in [-0.2, -0.15) is 8.42 Å². The molecule has 1 aromatic rings. The van der Waals surface area contributed by atoms with E-state index in [1.54, 1.807) is 18.2 Å². The Morgan fingerprint density at radius 1 is 1.27 bits per heavy atom. The Kier molecular flexibility index (Phi) is 6.24. The van der Waals surface area contributed by atoms with Crippen LogP contribution < -0.4 is 10.2 Å². The highest BCUT2D eigenvalue weighted by molar-refractivity contribution is 8.15. The van der Waals surface area contributed by atoms with E-state index in [-0.39, 0.29) is 22.6 Å². The summed E-state index contributed by atoms with van der Waals surface area (Å²) < 4.78 is 28.9. The smallest absolute Gasteiger partial charge is 0.286 e. The summed E-state index contributed by atoms with van der Waals surface area (Å²) >= 11 is 1.19. The molecule has 0 atom stereocenters. The fraction of sp³-hybridized carbons (Fsp3) is 0.556. The summed E-state index contributed by atoms with van der Waals surface area (Å²) in [7, 11) is -3.72. The number of amides is 1. The second-order valence-electron chi connectivity index (χ2n) is 6.66. The van der Waals surface area contributed by atoms with E-state index in [0.29, 0.717) is 17.4 Å². The van der Waals surface area contributed by atoms with Crippen molar-refractivity contribution in [3.8, 4) is 0 Å². The van der Waals surface area contributed by atoms with Crippen molar-refractivity contribution < 1.29 is 13.2 Å². The van der Waals surface area contributed by atoms with Crippen molar-refractivity contribution in [3.05, 3.63) is 24.3 Å². The number of para-hydroxylation sites is 1. The predicted octanol–water partition coefficient (Wildman–Crippen LogP) is 3.14. The number of hydrogen-bond acceptors (Lipinski definition) is 5. The number of thioether (sulfide) groups is 1. The van der Waals surface area contributed by atoms with Crippen LogP contribution in [0, 0.1) is 0 Å². The van der Waals surface area contributed by atoms with Gasteiger partial charge in [0.15, 0.2) is 5.17 Å². The van der Waals surface area contributed by atoms with Crippen LogP contribution in [0.5, 0.6) is 0 Å². The Morgan fingerprint density at radius 3 is 2.73 bits per heavy atom. The third kappa shape index (κ3) is 4.40. The van der Waals surface area contributed by atoms with Gasteiger partial charge in [0.05, 0.1) is 11.4 Å². The molecule has 26 heavy (non-hydrogen) atoms. The van der Waals surface area contributed by atoms with Crippen LogP contribution in [0.1, 0.15) is 45.4 Å². The van der Waals surface area contributed by atoms with Crippen molar-refractivity contribution in [1.29, 1.82) is 0 Å². The lowest BCUT2D eigenvalue weighted by molar-refractivity contribution is -0.119. The molecule has 2 aliphatic rings. The van der Waals surface area contributed by atoms with Gasteiger partial charge in [0.2, 0.25) is 5.91 Å². The highest BCUT2D eigenvalue weighted by Gasteiger charge is 2.30. The molecule has 1 amide bonds. The number of carbonyl (C=O) groups excluding carboxylic acids is 1.